The molecule has 2 aromatic heterocycles. The lowest BCUT2D eigenvalue weighted by Crippen LogP contribution is -3.00. The summed E-state index contributed by atoms with van der Waals surface area (Å²) in [6.07, 6.45) is -0.422. The van der Waals surface area contributed by atoms with Gasteiger partial charge in [0.05, 0.1) is 21.9 Å². The maximum atomic E-state index is 13.4. The smallest absolute Gasteiger partial charge is 0.416 e. The molecule has 232 valence electrons. The third kappa shape index (κ3) is 9.96. The molecule has 15 heteroatoms. The van der Waals surface area contributed by atoms with Crippen molar-refractivity contribution in [3.05, 3.63) is 52.6 Å². The van der Waals surface area contributed by atoms with E-state index in [0.717, 1.165) is 35.2 Å². The highest BCUT2D eigenvalue weighted by atomic mass is 35.5. The number of alkyl carbamates (subject to hydrolysis) is 1. The highest BCUT2D eigenvalue weighted by Crippen LogP contribution is 2.33. The van der Waals surface area contributed by atoms with E-state index in [0.29, 0.717) is 37.0 Å². The number of unbranched alkanes of at least 4 members (excludes halogenated alkanes) is 1. The molecule has 2 amide bonds. The van der Waals surface area contributed by atoms with Gasteiger partial charge < -0.3 is 41.6 Å². The van der Waals surface area contributed by atoms with Gasteiger partial charge in [-0.25, -0.2) is 4.79 Å². The Morgan fingerprint density at radius 3 is 2.67 bits per heavy atom. The van der Waals surface area contributed by atoms with E-state index < -0.39 is 29.8 Å². The van der Waals surface area contributed by atoms with Crippen molar-refractivity contribution in [1.82, 2.24) is 9.88 Å². The van der Waals surface area contributed by atoms with E-state index in [1.807, 2.05) is 11.5 Å². The van der Waals surface area contributed by atoms with E-state index in [1.165, 1.54) is 18.3 Å². The van der Waals surface area contributed by atoms with Gasteiger partial charge in [-0.05, 0) is 38.0 Å². The number of alkyl halides is 3. The molecular weight excluding hydrogens is 601 g/mol. The van der Waals surface area contributed by atoms with Crippen molar-refractivity contribution in [2.45, 2.75) is 58.7 Å². The molecule has 0 spiro atoms. The summed E-state index contributed by atoms with van der Waals surface area (Å²) in [6, 6.07) is 4.36. The number of rotatable bonds is 13. The largest absolute Gasteiger partial charge is 1.00 e. The van der Waals surface area contributed by atoms with E-state index in [2.05, 4.69) is 10.3 Å². The summed E-state index contributed by atoms with van der Waals surface area (Å²) < 4.78 is 60.1. The Balaban J connectivity index is 0.00000616. The number of hydrogen-bond acceptors (Lipinski definition) is 7. The lowest BCUT2D eigenvalue weighted by atomic mass is 10.1. The van der Waals surface area contributed by atoms with Crippen LogP contribution in [0.25, 0.3) is 10.2 Å². The van der Waals surface area contributed by atoms with Gasteiger partial charge in [0.15, 0.2) is 17.2 Å². The fourth-order valence-corrected chi connectivity index (χ4v) is 4.72. The Bertz CT molecular complexity index is 1410. The van der Waals surface area contributed by atoms with Crippen LogP contribution in [-0.2, 0) is 28.9 Å². The number of carbonyl (C=O) groups excluding carboxylic acids is 2. The Morgan fingerprint density at radius 2 is 2.00 bits per heavy atom. The molecule has 1 atom stereocenters. The second-order valence-corrected chi connectivity index (χ2v) is 10.2. The number of aliphatic hydroxyl groups is 1. The number of halogens is 4. The van der Waals surface area contributed by atoms with E-state index in [-0.39, 0.29) is 37.1 Å². The van der Waals surface area contributed by atoms with Gasteiger partial charge in [0.1, 0.15) is 17.9 Å². The minimum atomic E-state index is -4.67. The van der Waals surface area contributed by atoms with E-state index >= 15 is 0 Å². The van der Waals surface area contributed by atoms with Gasteiger partial charge in [-0.15, -0.1) is 0 Å². The highest BCUT2D eigenvalue weighted by molar-refractivity contribution is 7.16. The molecule has 0 aliphatic rings. The second-order valence-electron chi connectivity index (χ2n) is 9.22. The molecule has 0 saturated carbocycles. The highest BCUT2D eigenvalue weighted by Gasteiger charge is 2.32. The fraction of sp³-hybridized carbons (Fsp3) is 0.481. The first-order chi connectivity index (χ1) is 19.5. The molecule has 0 radical (unpaired) electrons. The van der Waals surface area contributed by atoms with Crippen LogP contribution < -0.4 is 31.8 Å². The first-order valence-corrected chi connectivity index (χ1v) is 13.9. The molecule has 10 nitrogen and oxygen atoms in total. The van der Waals surface area contributed by atoms with Crippen LogP contribution in [-0.4, -0.2) is 54.6 Å². The van der Waals surface area contributed by atoms with Gasteiger partial charge in [0.25, 0.3) is 12.6 Å². The van der Waals surface area contributed by atoms with Gasteiger partial charge in [0.2, 0.25) is 0 Å². The summed E-state index contributed by atoms with van der Waals surface area (Å²) in [5.74, 6) is -1.01. The molecule has 0 unspecified atom stereocenters. The summed E-state index contributed by atoms with van der Waals surface area (Å²) in [6.45, 7) is 4.62. The van der Waals surface area contributed by atoms with E-state index in [9.17, 15) is 27.9 Å². The number of hydrogen-bond donors (Lipinski definition) is 2. The van der Waals surface area contributed by atoms with Crippen LogP contribution in [0.4, 0.5) is 18.0 Å². The van der Waals surface area contributed by atoms with Gasteiger partial charge >= 0.3 is 12.3 Å². The number of nitrogens with one attached hydrogen (secondary N) is 1. The van der Waals surface area contributed by atoms with Gasteiger partial charge in [-0.3, -0.25) is 4.79 Å². The lowest BCUT2D eigenvalue weighted by Gasteiger charge is -2.13. The molecule has 2 heterocycles. The van der Waals surface area contributed by atoms with Crippen molar-refractivity contribution < 1.29 is 59.1 Å². The quantitative estimate of drug-likeness (QED) is 0.215. The zero-order valence-corrected chi connectivity index (χ0v) is 25.0. The molecule has 0 aliphatic carbocycles. The average Bonchev–Trinajstić information content (AvgIpc) is 3.27. The molecule has 0 saturated heterocycles. The van der Waals surface area contributed by atoms with Crippen LogP contribution in [0, 0.1) is 0 Å². The summed E-state index contributed by atoms with van der Waals surface area (Å²) in [5.41, 5.74) is -0.657. The Morgan fingerprint density at radius 1 is 1.24 bits per heavy atom. The molecule has 3 aromatic rings. The summed E-state index contributed by atoms with van der Waals surface area (Å²) in [7, 11) is 1.58. The first-order valence-electron chi connectivity index (χ1n) is 13.1. The Labute approximate surface area is 251 Å². The molecule has 0 bridgehead atoms. The third-order valence-corrected chi connectivity index (χ3v) is 6.83. The first kappa shape index (κ1) is 35.0. The van der Waals surface area contributed by atoms with Gasteiger partial charge in [-0.1, -0.05) is 24.7 Å². The topological polar surface area (TPSA) is 115 Å². The number of fused-ring (bicyclic) bond motifs is 1. The van der Waals surface area contributed by atoms with Crippen molar-refractivity contribution in [1.29, 1.82) is 0 Å². The van der Waals surface area contributed by atoms with Crippen molar-refractivity contribution in [3.63, 3.8) is 0 Å². The number of thiazole rings is 1. The number of methoxy groups -OCH3 is 1. The molecule has 2 N–H and O–H groups in total. The van der Waals surface area contributed by atoms with Crippen LogP contribution in [0.15, 0.2) is 41.7 Å². The fourth-order valence-electron chi connectivity index (χ4n) is 3.70. The van der Waals surface area contributed by atoms with Gasteiger partial charge in [0, 0.05) is 32.9 Å². The molecular formula is C27H34ClF3N4O6S. The number of amides is 2. The maximum Gasteiger partial charge on any atom is 0.416 e. The number of carbonyl (C=O) groups is 2. The molecule has 1 aromatic carbocycles. The standard InChI is InChI=1S/C27H33F3N4O6S.ClH/c1-4-5-11-34-21-15-33(17-40-26(37)31-10-6-13-38-3)12-9-23(21)41-25(34)32-24(36)20-14-19(27(28,29)30)7-8-22(20)39-16-18(2)35;/h7-9,12,14-15,18,35H,4-6,10-11,13,16-17H2,1-3H3;1H/b32-25-;/t18-;/m0./s1. The second kappa shape index (κ2) is 16.4. The number of aromatic nitrogens is 2. The lowest BCUT2D eigenvalue weighted by molar-refractivity contribution is -0.726. The number of nitrogens with zero attached hydrogens (tertiary/aromatic N) is 3. The van der Waals surface area contributed by atoms with Gasteiger partial charge in [-0.2, -0.15) is 22.7 Å². The van der Waals surface area contributed by atoms with Crippen LogP contribution >= 0.6 is 11.3 Å². The van der Waals surface area contributed by atoms with Crippen LogP contribution in [0.1, 0.15) is 49.0 Å². The number of pyridine rings is 1. The monoisotopic (exact) mass is 634 g/mol. The van der Waals surface area contributed by atoms with Crippen molar-refractivity contribution in [3.8, 4) is 5.75 Å². The average molecular weight is 635 g/mol. The Hall–Kier alpha value is -3.20. The summed E-state index contributed by atoms with van der Waals surface area (Å²) in [4.78, 5) is 29.7. The minimum absolute atomic E-state index is 0. The summed E-state index contributed by atoms with van der Waals surface area (Å²) in [5, 5.41) is 12.2. The predicted molar refractivity (Wildman–Crippen MR) is 144 cm³/mol. The van der Waals surface area contributed by atoms with E-state index in [1.54, 1.807) is 30.1 Å². The van der Waals surface area contributed by atoms with Crippen LogP contribution in [0.5, 0.6) is 5.75 Å². The number of benzene rings is 1. The van der Waals surface area contributed by atoms with Crippen molar-refractivity contribution in [2.75, 3.05) is 26.9 Å². The normalized spacial score (nSPS) is 12.6. The third-order valence-electron chi connectivity index (χ3n) is 5.77. The van der Waals surface area contributed by atoms with Crippen LogP contribution in [0.3, 0.4) is 0 Å². The van der Waals surface area contributed by atoms with Crippen molar-refractivity contribution in [2.24, 2.45) is 4.99 Å². The number of ether oxygens (including phenoxy) is 3. The predicted octanol–water partition coefficient (Wildman–Crippen LogP) is 1.03. The molecule has 42 heavy (non-hydrogen) atoms. The molecule has 3 rings (SSSR count). The number of aliphatic hydroxyl groups excluding tert-OH is 1. The Kier molecular flexibility index (Phi) is 13.7. The van der Waals surface area contributed by atoms with Crippen LogP contribution in [0.2, 0.25) is 0 Å². The minimum Gasteiger partial charge on any atom is -1.00 e. The number of aryl methyl sites for hydroxylation is 1. The zero-order chi connectivity index (χ0) is 30.0. The summed E-state index contributed by atoms with van der Waals surface area (Å²) >= 11 is 1.21. The van der Waals surface area contributed by atoms with Crippen molar-refractivity contribution >= 4 is 33.6 Å². The molecule has 0 aliphatic heterocycles. The SMILES string of the molecule is CCCCn1/c(=N/C(=O)c2cc(C(F)(F)F)ccc2OC[C@H](C)O)sc2cc[n+](COC(=O)NCCCOC)cc21.[Cl-]. The van der Waals surface area contributed by atoms with E-state index in [4.69, 9.17) is 14.2 Å². The zero-order valence-electron chi connectivity index (χ0n) is 23.4. The maximum absolute atomic E-state index is 13.4. The molecule has 0 fully saturated rings.